The zero-order chi connectivity index (χ0) is 41.4. The van der Waals surface area contributed by atoms with Crippen molar-refractivity contribution in [1.82, 2.24) is 28.7 Å². The van der Waals surface area contributed by atoms with Crippen molar-refractivity contribution < 1.29 is 0 Å². The van der Waals surface area contributed by atoms with Crippen LogP contribution < -0.4 is 0 Å². The molecule has 4 aromatic heterocycles. The van der Waals surface area contributed by atoms with Crippen molar-refractivity contribution >= 4 is 65.4 Å². The van der Waals surface area contributed by atoms with E-state index in [1.165, 1.54) is 27.1 Å². The second kappa shape index (κ2) is 14.0. The number of benzene rings is 9. The summed E-state index contributed by atoms with van der Waals surface area (Å²) in [4.78, 5) is 15.7. The number of fused-ring (bicyclic) bond motifs is 10. The van der Waals surface area contributed by atoms with E-state index < -0.39 is 0 Å². The average Bonchev–Trinajstić information content (AvgIpc) is 4.00. The SMILES string of the molecule is c1ccc(-c2nc(-c3ccccc3)nc(-c3cccc4c3c3c(ccc5c6ccccc6n(-c6ccccc6)c53)n4-c3ccc4c(c3)c3ccccc3n4-c3ccccc3)n2)cc1. The molecule has 0 aliphatic rings. The van der Waals surface area contributed by atoms with Crippen molar-refractivity contribution in [3.8, 4) is 51.2 Å². The maximum absolute atomic E-state index is 5.31. The largest absolute Gasteiger partial charge is 0.309 e. The molecule has 0 saturated heterocycles. The summed E-state index contributed by atoms with van der Waals surface area (Å²) >= 11 is 0. The predicted molar refractivity (Wildman–Crippen MR) is 259 cm³/mol. The van der Waals surface area contributed by atoms with Crippen molar-refractivity contribution in [3.05, 3.63) is 218 Å². The lowest BCUT2D eigenvalue weighted by molar-refractivity contribution is 1.08. The molecule has 0 amide bonds. The number of hydrogen-bond donors (Lipinski definition) is 0. The van der Waals surface area contributed by atoms with Gasteiger partial charge in [0.05, 0.1) is 33.1 Å². The molecule has 4 heterocycles. The predicted octanol–water partition coefficient (Wildman–Crippen LogP) is 14.2. The minimum Gasteiger partial charge on any atom is -0.309 e. The van der Waals surface area contributed by atoms with Crippen LogP contribution in [-0.2, 0) is 0 Å². The van der Waals surface area contributed by atoms with Gasteiger partial charge in [-0.1, -0.05) is 152 Å². The molecule has 13 rings (SSSR count). The lowest BCUT2D eigenvalue weighted by Gasteiger charge is -2.11. The van der Waals surface area contributed by atoms with Crippen molar-refractivity contribution in [1.29, 1.82) is 0 Å². The molecule has 0 aliphatic heterocycles. The Kier molecular flexibility index (Phi) is 7.80. The van der Waals surface area contributed by atoms with Crippen molar-refractivity contribution in [2.24, 2.45) is 0 Å². The topological polar surface area (TPSA) is 53.5 Å². The number of para-hydroxylation sites is 4. The van der Waals surface area contributed by atoms with Gasteiger partial charge in [-0.3, -0.25) is 0 Å². The maximum atomic E-state index is 5.31. The van der Waals surface area contributed by atoms with E-state index in [9.17, 15) is 0 Å². The van der Waals surface area contributed by atoms with Crippen LogP contribution in [0.5, 0.6) is 0 Å². The Balaban J connectivity index is 1.18. The van der Waals surface area contributed by atoms with Gasteiger partial charge in [0.25, 0.3) is 0 Å². The Labute approximate surface area is 362 Å². The summed E-state index contributed by atoms with van der Waals surface area (Å²) in [5.41, 5.74) is 12.9. The van der Waals surface area contributed by atoms with Crippen LogP contribution >= 0.6 is 0 Å². The van der Waals surface area contributed by atoms with E-state index in [0.29, 0.717) is 17.5 Å². The Bertz CT molecular complexity index is 3830. The first-order valence-corrected chi connectivity index (χ1v) is 21.3. The molecule has 0 bridgehead atoms. The minimum atomic E-state index is 0.619. The van der Waals surface area contributed by atoms with Crippen molar-refractivity contribution in [3.63, 3.8) is 0 Å². The molecule has 294 valence electrons. The number of hydrogen-bond acceptors (Lipinski definition) is 3. The summed E-state index contributed by atoms with van der Waals surface area (Å²) in [5.74, 6) is 1.88. The van der Waals surface area contributed by atoms with E-state index in [1.807, 2.05) is 36.4 Å². The molecule has 0 saturated carbocycles. The molecule has 0 unspecified atom stereocenters. The number of rotatable bonds is 6. The zero-order valence-electron chi connectivity index (χ0n) is 34.0. The maximum Gasteiger partial charge on any atom is 0.164 e. The van der Waals surface area contributed by atoms with Gasteiger partial charge in [0.1, 0.15) is 0 Å². The van der Waals surface area contributed by atoms with Crippen LogP contribution in [0.25, 0.3) is 117 Å². The molecule has 9 aromatic carbocycles. The zero-order valence-corrected chi connectivity index (χ0v) is 34.0. The molecule has 0 N–H and O–H groups in total. The highest BCUT2D eigenvalue weighted by Crippen LogP contribution is 2.45. The van der Waals surface area contributed by atoms with Crippen LogP contribution in [0, 0.1) is 0 Å². The van der Waals surface area contributed by atoms with Crippen LogP contribution in [-0.4, -0.2) is 28.7 Å². The molecule has 0 atom stereocenters. The Morgan fingerprint density at radius 1 is 0.270 bits per heavy atom. The first-order valence-electron chi connectivity index (χ1n) is 21.3. The normalized spacial score (nSPS) is 11.8. The van der Waals surface area contributed by atoms with Gasteiger partial charge in [0.15, 0.2) is 17.5 Å². The fourth-order valence-electron chi connectivity index (χ4n) is 9.79. The molecule has 0 fully saturated rings. The van der Waals surface area contributed by atoms with Crippen LogP contribution in [0.4, 0.5) is 0 Å². The first kappa shape index (κ1) is 35.2. The monoisotopic (exact) mass is 804 g/mol. The lowest BCUT2D eigenvalue weighted by atomic mass is 10.0. The standard InChI is InChI=1S/C57H36N6/c1-5-18-37(19-6-1)55-58-56(38-20-7-2-8-21-38)60-57(59-55)45-28-17-31-50-52(45)53-51(35-33-44-42-26-13-16-30-48(42)63(54(44)53)40-24-11-4-12-25-40)62(50)41-32-34-49-46(36-41)43-27-14-15-29-47(43)61(49)39-22-9-3-10-23-39/h1-36H. The molecule has 63 heavy (non-hydrogen) atoms. The summed E-state index contributed by atoms with van der Waals surface area (Å²) in [6.45, 7) is 0. The molecular formula is C57H36N6. The van der Waals surface area contributed by atoms with Crippen molar-refractivity contribution in [2.45, 2.75) is 0 Å². The van der Waals surface area contributed by atoms with Gasteiger partial charge >= 0.3 is 0 Å². The van der Waals surface area contributed by atoms with Crippen LogP contribution in [0.3, 0.4) is 0 Å². The van der Waals surface area contributed by atoms with E-state index in [2.05, 4.69) is 196 Å². The van der Waals surface area contributed by atoms with Crippen LogP contribution in [0.15, 0.2) is 218 Å². The lowest BCUT2D eigenvalue weighted by Crippen LogP contribution is -2.00. The highest BCUT2D eigenvalue weighted by atomic mass is 15.0. The second-order valence-electron chi connectivity index (χ2n) is 16.0. The van der Waals surface area contributed by atoms with Gasteiger partial charge in [-0.05, 0) is 66.7 Å². The molecule has 0 aliphatic carbocycles. The van der Waals surface area contributed by atoms with Gasteiger partial charge in [-0.2, -0.15) is 0 Å². The van der Waals surface area contributed by atoms with Gasteiger partial charge < -0.3 is 13.7 Å². The van der Waals surface area contributed by atoms with Crippen molar-refractivity contribution in [2.75, 3.05) is 0 Å². The highest BCUT2D eigenvalue weighted by Gasteiger charge is 2.25. The van der Waals surface area contributed by atoms with E-state index in [1.54, 1.807) is 0 Å². The summed E-state index contributed by atoms with van der Waals surface area (Å²) < 4.78 is 7.24. The van der Waals surface area contributed by atoms with E-state index in [4.69, 9.17) is 15.0 Å². The Hall–Kier alpha value is -8.61. The fourth-order valence-corrected chi connectivity index (χ4v) is 9.79. The van der Waals surface area contributed by atoms with Crippen LogP contribution in [0.2, 0.25) is 0 Å². The Morgan fingerprint density at radius 3 is 1.38 bits per heavy atom. The molecular weight excluding hydrogens is 769 g/mol. The average molecular weight is 805 g/mol. The van der Waals surface area contributed by atoms with E-state index >= 15 is 0 Å². The third-order valence-corrected chi connectivity index (χ3v) is 12.5. The second-order valence-corrected chi connectivity index (χ2v) is 16.0. The summed E-state index contributed by atoms with van der Waals surface area (Å²) in [6, 6.07) is 77.3. The molecule has 6 nitrogen and oxygen atoms in total. The third kappa shape index (κ3) is 5.41. The molecule has 0 spiro atoms. The van der Waals surface area contributed by atoms with E-state index in [0.717, 1.165) is 72.1 Å². The van der Waals surface area contributed by atoms with Gasteiger partial charge in [0, 0.05) is 66.1 Å². The first-order chi connectivity index (χ1) is 31.3. The van der Waals surface area contributed by atoms with Gasteiger partial charge in [-0.15, -0.1) is 0 Å². The number of aromatic nitrogens is 6. The third-order valence-electron chi connectivity index (χ3n) is 12.5. The molecule has 13 aromatic rings. The van der Waals surface area contributed by atoms with Crippen LogP contribution in [0.1, 0.15) is 0 Å². The highest BCUT2D eigenvalue weighted by molar-refractivity contribution is 6.28. The Morgan fingerprint density at radius 2 is 0.730 bits per heavy atom. The fraction of sp³-hybridized carbons (Fsp3) is 0. The van der Waals surface area contributed by atoms with Gasteiger partial charge in [-0.25, -0.2) is 15.0 Å². The molecule has 0 radical (unpaired) electrons. The van der Waals surface area contributed by atoms with E-state index in [-0.39, 0.29) is 0 Å². The summed E-state index contributed by atoms with van der Waals surface area (Å²) in [6.07, 6.45) is 0. The molecule has 6 heteroatoms. The smallest absolute Gasteiger partial charge is 0.164 e. The van der Waals surface area contributed by atoms with Gasteiger partial charge in [0.2, 0.25) is 0 Å². The quantitative estimate of drug-likeness (QED) is 0.168. The summed E-state index contributed by atoms with van der Waals surface area (Å²) in [7, 11) is 0. The minimum absolute atomic E-state index is 0.619. The summed E-state index contributed by atoms with van der Waals surface area (Å²) in [5, 5.41) is 6.99. The number of nitrogens with zero attached hydrogens (tertiary/aromatic N) is 6.